The summed E-state index contributed by atoms with van der Waals surface area (Å²) in [7, 11) is 21.4. The number of hydrogen-bond acceptors (Lipinski definition) is 13. The predicted octanol–water partition coefficient (Wildman–Crippen LogP) is 19.6. The van der Waals surface area contributed by atoms with Gasteiger partial charge >= 0.3 is 240 Å². The van der Waals surface area contributed by atoms with Crippen molar-refractivity contribution in [2.75, 3.05) is 171 Å². The predicted molar refractivity (Wildman–Crippen MR) is 571 cm³/mol. The van der Waals surface area contributed by atoms with Gasteiger partial charge in [-0.2, -0.15) is 18.7 Å². The molecule has 13 nitrogen and oxygen atoms in total. The molecule has 12 aromatic carbocycles. The van der Waals surface area contributed by atoms with Gasteiger partial charge in [-0.25, -0.2) is 0 Å². The molecule has 0 amide bonds. The van der Waals surface area contributed by atoms with Gasteiger partial charge in [-0.05, 0) is 117 Å². The summed E-state index contributed by atoms with van der Waals surface area (Å²) in [5.74, 6) is 0. The third-order valence-corrected chi connectivity index (χ3v) is 41.0. The molecule has 21 rings (SSSR count). The Balaban J connectivity index is 0.000000138. The molecular formula is C110H132Cl4N6O7P4Ru2+4. The fraction of sp³-hybridized carbons (Fsp3) is 0.291. The van der Waals surface area contributed by atoms with Crippen molar-refractivity contribution < 1.29 is 60.2 Å². The SMILES string of the molecule is C.C.C1CN(CN2CCOCC2)CCO1.CC1CCCO1.[Cl][Ru]([Cl])=[C]1C=C(c2ccccc2)c2ccccc21.[Cl][Ru]([Cl])=[C]1C=C(c2ccccc2)c2ccccc21.c1ccc([PH+](N2CCOCC2)N2CCOCC2)cc1.c1ccc([PH+](N2CCOCC2)N2CCOCC2)cc1.c1ccc([PH+](c2ccccc2)c2ccccc2)cc1.c1ccc([PH+](c2ccccc2)c2ccccc2)cc1. The van der Waals surface area contributed by atoms with E-state index in [1.165, 1.54) is 99.8 Å². The minimum Gasteiger partial charge on any atom is -0.378 e. The van der Waals surface area contributed by atoms with Crippen molar-refractivity contribution in [2.24, 2.45) is 0 Å². The standard InChI is InChI=1S/2C18H15P.2C15H10.2C14H21N2O2P.C9H18N2O2.C5H10O.2CH4.4ClH.2Ru/c2*1-4-10-16(11-5-1)19(17-12-6-2-7-13-17)18-14-8-3-9-15-18;2*1-2-6-12(7-3-1)15-11-10-13-8-4-5-9-14(13)15;2*1-2-4-14(5-3-1)19(15-6-10-17-11-7-15)16-8-12-18-13-9-16;1-5-12-6-2-10(1)9-11-3-7-13-8-4-11;1-5-3-2-4-6-5;;;;;;;;/h2*1-15H;2*1-9,11H;2*1-5H,6-13H2;1-9H2;5H,2-4H2,1H3;2*1H4;4*1H;;/q;;;;;;;;;;;;;;2*+2. The molecule has 0 spiro atoms. The average molecular weight is 2120 g/mol. The molecule has 704 valence electrons. The van der Waals surface area contributed by atoms with Crippen molar-refractivity contribution in [3.8, 4) is 0 Å². The van der Waals surface area contributed by atoms with Gasteiger partial charge in [-0.1, -0.05) is 160 Å². The van der Waals surface area contributed by atoms with E-state index in [1.807, 2.05) is 48.5 Å². The van der Waals surface area contributed by atoms with Crippen LogP contribution in [-0.4, -0.2) is 214 Å². The first-order chi connectivity index (χ1) is 64.7. The molecule has 7 heterocycles. The largest absolute Gasteiger partial charge is 0.378 e. The van der Waals surface area contributed by atoms with Gasteiger partial charge in [0.25, 0.3) is 0 Å². The summed E-state index contributed by atoms with van der Waals surface area (Å²) >= 11 is -3.76. The zero-order valence-corrected chi connectivity index (χ0v) is 85.3. The van der Waals surface area contributed by atoms with Crippen LogP contribution in [0.2, 0.25) is 0 Å². The van der Waals surface area contributed by atoms with E-state index < -0.39 is 59.3 Å². The molecule has 9 aliphatic rings. The molecule has 1 atom stereocenters. The molecule has 0 saturated carbocycles. The number of rotatable bonds is 16. The molecule has 7 aliphatic heterocycles. The van der Waals surface area contributed by atoms with E-state index in [-0.39, 0.29) is 14.9 Å². The van der Waals surface area contributed by atoms with Crippen molar-refractivity contribution in [3.63, 3.8) is 0 Å². The molecular weight excluding hydrogens is 1990 g/mol. The third-order valence-electron chi connectivity index (χ3n) is 23.4. The molecule has 0 radical (unpaired) electrons. The second-order valence-electron chi connectivity index (χ2n) is 32.1. The number of benzene rings is 12. The average Bonchev–Trinajstić information content (AvgIpc) is 1.62. The van der Waals surface area contributed by atoms with E-state index >= 15 is 0 Å². The van der Waals surface area contributed by atoms with E-state index in [2.05, 4.69) is 351 Å². The molecule has 12 aromatic rings. The maximum absolute atomic E-state index is 6.19. The number of allylic oxidation sites excluding steroid dienone is 2. The van der Waals surface area contributed by atoms with Crippen LogP contribution in [-0.2, 0) is 60.2 Å². The Hall–Kier alpha value is -6.53. The normalized spacial score (nSPS) is 17.6. The number of halogens is 4. The summed E-state index contributed by atoms with van der Waals surface area (Å²) in [5, 5.41) is 11.6. The molecule has 2 aliphatic carbocycles. The van der Waals surface area contributed by atoms with Crippen LogP contribution >= 0.6 is 71.1 Å². The quantitative estimate of drug-likeness (QED) is 0.0681. The fourth-order valence-electron chi connectivity index (χ4n) is 16.9. The maximum Gasteiger partial charge on any atom is 0.173 e. The molecule has 133 heavy (non-hydrogen) atoms. The monoisotopic (exact) mass is 2120 g/mol. The van der Waals surface area contributed by atoms with Crippen LogP contribution in [0.15, 0.2) is 364 Å². The van der Waals surface area contributed by atoms with Crippen molar-refractivity contribution in [1.29, 1.82) is 0 Å². The Labute approximate surface area is 823 Å². The summed E-state index contributed by atoms with van der Waals surface area (Å²) in [4.78, 5) is 4.91. The van der Waals surface area contributed by atoms with E-state index in [0.717, 1.165) is 179 Å². The molecule has 23 heteroatoms. The van der Waals surface area contributed by atoms with Crippen molar-refractivity contribution in [3.05, 3.63) is 397 Å². The second-order valence-corrected chi connectivity index (χ2v) is 53.7. The zero-order valence-electron chi connectivity index (χ0n) is 74.8. The minimum absolute atomic E-state index is 0. The van der Waals surface area contributed by atoms with Crippen molar-refractivity contribution >= 4 is 133 Å². The Bertz CT molecular complexity index is 4850. The van der Waals surface area contributed by atoms with Gasteiger partial charge in [0.1, 0.15) is 42.4 Å². The number of morpholine rings is 6. The van der Waals surface area contributed by atoms with Gasteiger partial charge in [0.2, 0.25) is 0 Å². The summed E-state index contributed by atoms with van der Waals surface area (Å²) in [5.41, 5.74) is 9.73. The number of fused-ring (bicyclic) bond motifs is 2. The van der Waals surface area contributed by atoms with Crippen LogP contribution in [0, 0.1) is 0 Å². The van der Waals surface area contributed by atoms with Gasteiger partial charge in [-0.15, -0.1) is 0 Å². The van der Waals surface area contributed by atoms with E-state index in [0.29, 0.717) is 6.10 Å². The van der Waals surface area contributed by atoms with Crippen LogP contribution < -0.4 is 42.4 Å². The fourth-order valence-corrected chi connectivity index (χ4v) is 32.7. The van der Waals surface area contributed by atoms with Crippen LogP contribution in [0.3, 0.4) is 0 Å². The minimum atomic E-state index is -1.88. The topological polar surface area (TPSA) is 84.0 Å². The van der Waals surface area contributed by atoms with Gasteiger partial charge < -0.3 is 33.2 Å². The van der Waals surface area contributed by atoms with Gasteiger partial charge in [0, 0.05) is 32.8 Å². The van der Waals surface area contributed by atoms with E-state index in [9.17, 15) is 0 Å². The summed E-state index contributed by atoms with van der Waals surface area (Å²) in [6, 6.07) is 124. The second kappa shape index (κ2) is 59.0. The number of nitrogens with zero attached hydrogens (tertiary/aromatic N) is 6. The molecule has 7 saturated heterocycles. The smallest absolute Gasteiger partial charge is 0.173 e. The number of hydrogen-bond donors (Lipinski definition) is 0. The van der Waals surface area contributed by atoms with E-state index in [1.54, 1.807) is 0 Å². The van der Waals surface area contributed by atoms with Crippen LogP contribution in [0.5, 0.6) is 0 Å². The molecule has 0 aromatic heterocycles. The van der Waals surface area contributed by atoms with Crippen LogP contribution in [0.4, 0.5) is 0 Å². The Kier molecular flexibility index (Phi) is 46.8. The Morgan fingerprint density at radius 1 is 0.263 bits per heavy atom. The van der Waals surface area contributed by atoms with Crippen molar-refractivity contribution in [2.45, 2.75) is 40.7 Å². The van der Waals surface area contributed by atoms with Gasteiger partial charge in [0.15, 0.2) is 16.4 Å². The molecule has 7 fully saturated rings. The summed E-state index contributed by atoms with van der Waals surface area (Å²) < 4.78 is 50.6. The first kappa shape index (κ1) is 105. The summed E-state index contributed by atoms with van der Waals surface area (Å²) in [6.45, 7) is 27.5. The summed E-state index contributed by atoms with van der Waals surface area (Å²) in [6.07, 6.45) is 7.38. The molecule has 1 unspecified atom stereocenters. The third kappa shape index (κ3) is 32.5. The number of ether oxygens (including phenoxy) is 7. The first-order valence-electron chi connectivity index (χ1n) is 45.6. The first-order valence-corrected chi connectivity index (χ1v) is 62.1. The Morgan fingerprint density at radius 3 is 0.684 bits per heavy atom. The Morgan fingerprint density at radius 2 is 0.474 bits per heavy atom. The van der Waals surface area contributed by atoms with Gasteiger partial charge in [-0.3, -0.25) is 9.80 Å². The van der Waals surface area contributed by atoms with Crippen molar-refractivity contribution in [1.82, 2.24) is 28.5 Å². The van der Waals surface area contributed by atoms with Crippen LogP contribution in [0.25, 0.3) is 11.1 Å². The van der Waals surface area contributed by atoms with Crippen LogP contribution in [0.1, 0.15) is 68.0 Å². The maximum atomic E-state index is 6.19. The molecule has 0 bridgehead atoms. The van der Waals surface area contributed by atoms with Gasteiger partial charge in [0.05, 0.1) is 160 Å². The molecule has 0 N–H and O–H groups in total. The van der Waals surface area contributed by atoms with E-state index in [4.69, 9.17) is 71.9 Å². The zero-order chi connectivity index (χ0) is 90.1.